The number of rotatable bonds is 41. The fourth-order valence-electron chi connectivity index (χ4n) is 6.36. The Kier molecular flexibility index (Phi) is 36.0. The minimum Gasteiger partial charge on any atom is -0.756 e. The highest BCUT2D eigenvalue weighted by Gasteiger charge is 2.21. The second kappa shape index (κ2) is 36.6. The van der Waals surface area contributed by atoms with Crippen LogP contribution in [0.1, 0.15) is 213 Å². The van der Waals surface area contributed by atoms with Crippen LogP contribution in [0.4, 0.5) is 0 Å². The number of nitrogens with zero attached hydrogens (tertiary/aromatic N) is 1. The van der Waals surface area contributed by atoms with E-state index in [0.717, 1.165) is 32.1 Å². The number of carbonyl (C=O) groups is 2. The summed E-state index contributed by atoms with van der Waals surface area (Å²) in [5.74, 6) is -0.820. The van der Waals surface area contributed by atoms with Crippen molar-refractivity contribution >= 4 is 19.8 Å². The molecule has 0 saturated heterocycles. The lowest BCUT2D eigenvalue weighted by molar-refractivity contribution is -0.870. The van der Waals surface area contributed by atoms with Gasteiger partial charge < -0.3 is 27.9 Å². The molecule has 53 heavy (non-hydrogen) atoms. The van der Waals surface area contributed by atoms with Gasteiger partial charge in [0.2, 0.25) is 0 Å². The molecule has 0 spiro atoms. The second-order valence-corrected chi connectivity index (χ2v) is 17.8. The molecule has 10 heteroatoms. The van der Waals surface area contributed by atoms with Gasteiger partial charge >= 0.3 is 11.9 Å². The lowest BCUT2D eigenvalue weighted by Gasteiger charge is -2.28. The van der Waals surface area contributed by atoms with E-state index in [1.54, 1.807) is 0 Å². The van der Waals surface area contributed by atoms with E-state index in [0.29, 0.717) is 17.4 Å². The van der Waals surface area contributed by atoms with Gasteiger partial charge in [0.25, 0.3) is 7.82 Å². The Morgan fingerprint density at radius 2 is 0.849 bits per heavy atom. The summed E-state index contributed by atoms with van der Waals surface area (Å²) in [5, 5.41) is 0. The first-order valence-electron chi connectivity index (χ1n) is 22.2. The van der Waals surface area contributed by atoms with Crippen LogP contribution in [0.2, 0.25) is 0 Å². The van der Waals surface area contributed by atoms with Crippen molar-refractivity contribution in [3.8, 4) is 0 Å². The Morgan fingerprint density at radius 3 is 1.21 bits per heavy atom. The van der Waals surface area contributed by atoms with E-state index in [2.05, 4.69) is 13.8 Å². The molecule has 0 heterocycles. The summed E-state index contributed by atoms with van der Waals surface area (Å²) in [6.45, 7) is 4.26. The van der Waals surface area contributed by atoms with E-state index in [1.165, 1.54) is 148 Å². The van der Waals surface area contributed by atoms with Crippen molar-refractivity contribution in [2.75, 3.05) is 47.5 Å². The topological polar surface area (TPSA) is 111 Å². The van der Waals surface area contributed by atoms with Crippen LogP contribution in [0.25, 0.3) is 0 Å². The third-order valence-corrected chi connectivity index (χ3v) is 10.8. The predicted molar refractivity (Wildman–Crippen MR) is 218 cm³/mol. The molecule has 9 nitrogen and oxygen atoms in total. The zero-order valence-electron chi connectivity index (χ0n) is 35.5. The van der Waals surface area contributed by atoms with E-state index < -0.39 is 26.5 Å². The molecule has 0 bridgehead atoms. The predicted octanol–water partition coefficient (Wildman–Crippen LogP) is 11.8. The van der Waals surface area contributed by atoms with Crippen molar-refractivity contribution in [2.45, 2.75) is 219 Å². The summed E-state index contributed by atoms with van der Waals surface area (Å²) in [5.41, 5.74) is 0. The number of hydrogen-bond donors (Lipinski definition) is 0. The maximum Gasteiger partial charge on any atom is 0.306 e. The van der Waals surface area contributed by atoms with Crippen molar-refractivity contribution < 1.29 is 42.1 Å². The Labute approximate surface area is 327 Å². The van der Waals surface area contributed by atoms with Crippen LogP contribution in [0.5, 0.6) is 0 Å². The van der Waals surface area contributed by atoms with Gasteiger partial charge in [0.05, 0.1) is 27.7 Å². The summed E-state index contributed by atoms with van der Waals surface area (Å²) in [6.07, 6.45) is 35.5. The average molecular weight is 776 g/mol. The summed E-state index contributed by atoms with van der Waals surface area (Å²) < 4.78 is 33.9. The molecule has 0 N–H and O–H groups in total. The van der Waals surface area contributed by atoms with Crippen molar-refractivity contribution in [2.24, 2.45) is 0 Å². The van der Waals surface area contributed by atoms with Crippen molar-refractivity contribution in [1.29, 1.82) is 0 Å². The molecule has 316 valence electrons. The van der Waals surface area contributed by atoms with Crippen molar-refractivity contribution in [3.05, 3.63) is 0 Å². The molecule has 0 rings (SSSR count). The minimum absolute atomic E-state index is 0.0257. The number of ether oxygens (including phenoxy) is 2. The van der Waals surface area contributed by atoms with Crippen LogP contribution >= 0.6 is 7.82 Å². The molecule has 0 aromatic heterocycles. The molecular formula is C43H86NO8P. The fourth-order valence-corrected chi connectivity index (χ4v) is 7.09. The van der Waals surface area contributed by atoms with Crippen LogP contribution in [-0.2, 0) is 32.7 Å². The van der Waals surface area contributed by atoms with Crippen LogP contribution < -0.4 is 4.89 Å². The molecule has 1 unspecified atom stereocenters. The quantitative estimate of drug-likeness (QED) is 0.0261. The maximum absolute atomic E-state index is 12.7. The molecule has 0 fully saturated rings. The number of likely N-dealkylation sites (N-methyl/N-ethyl adjacent to an activating group) is 1. The van der Waals surface area contributed by atoms with Gasteiger partial charge in [-0.25, -0.2) is 0 Å². The number of esters is 2. The monoisotopic (exact) mass is 776 g/mol. The first-order chi connectivity index (χ1) is 25.5. The number of carbonyl (C=O) groups excluding carboxylic acids is 2. The van der Waals surface area contributed by atoms with Crippen molar-refractivity contribution in [1.82, 2.24) is 0 Å². The highest BCUT2D eigenvalue weighted by molar-refractivity contribution is 7.45. The van der Waals surface area contributed by atoms with Gasteiger partial charge in [-0.15, -0.1) is 0 Å². The third-order valence-electron chi connectivity index (χ3n) is 9.88. The summed E-state index contributed by atoms with van der Waals surface area (Å²) in [6, 6.07) is 0. The van der Waals surface area contributed by atoms with Gasteiger partial charge in [-0.1, -0.05) is 187 Å². The van der Waals surface area contributed by atoms with Gasteiger partial charge in [-0.3, -0.25) is 14.2 Å². The number of quaternary nitrogens is 1. The lowest BCUT2D eigenvalue weighted by Crippen LogP contribution is -2.37. The summed E-state index contributed by atoms with van der Waals surface area (Å²) in [7, 11) is 1.18. The number of unbranched alkanes of at least 4 members (excludes halogenated alkanes) is 27. The Hall–Kier alpha value is -0.990. The smallest absolute Gasteiger partial charge is 0.306 e. The van der Waals surface area contributed by atoms with E-state index in [1.807, 2.05) is 21.1 Å². The van der Waals surface area contributed by atoms with Gasteiger partial charge in [0.15, 0.2) is 6.10 Å². The van der Waals surface area contributed by atoms with Crippen LogP contribution in [-0.4, -0.2) is 70.0 Å². The third kappa shape index (κ3) is 40.5. The summed E-state index contributed by atoms with van der Waals surface area (Å²) in [4.78, 5) is 37.5. The van der Waals surface area contributed by atoms with Crippen molar-refractivity contribution in [3.63, 3.8) is 0 Å². The number of phosphoric ester groups is 1. The van der Waals surface area contributed by atoms with E-state index in [9.17, 15) is 19.0 Å². The van der Waals surface area contributed by atoms with E-state index in [-0.39, 0.29) is 32.0 Å². The molecule has 0 aromatic rings. The average Bonchev–Trinajstić information content (AvgIpc) is 3.10. The molecule has 0 amide bonds. The van der Waals surface area contributed by atoms with Gasteiger partial charge in [-0.2, -0.15) is 0 Å². The van der Waals surface area contributed by atoms with Gasteiger partial charge in [-0.05, 0) is 12.8 Å². The van der Waals surface area contributed by atoms with Crippen LogP contribution in [0, 0.1) is 0 Å². The Bertz CT molecular complexity index is 881. The fraction of sp³-hybridized carbons (Fsp3) is 0.953. The molecule has 0 aromatic carbocycles. The highest BCUT2D eigenvalue weighted by Crippen LogP contribution is 2.38. The molecule has 2 atom stereocenters. The Balaban J connectivity index is 4.31. The normalized spacial score (nSPS) is 13.5. The zero-order valence-corrected chi connectivity index (χ0v) is 36.4. The molecule has 0 saturated carbocycles. The largest absolute Gasteiger partial charge is 0.756 e. The molecule has 0 aliphatic carbocycles. The standard InChI is InChI=1S/C43H86NO8P/c1-6-8-10-12-14-16-18-20-22-24-26-28-30-32-34-36-43(46)52-41(40-51-53(47,48)50-38-37-44(3,4)5)39-49-42(45)35-33-31-29-27-25-23-21-19-17-15-13-11-9-7-2/h41H,6-40H2,1-5H3/t41-/m1/s1. The first-order valence-corrected chi connectivity index (χ1v) is 23.7. The SMILES string of the molecule is CCCCCCCCCCCCCCCCCC(=O)O[C@H](COC(=O)CCCCCCCCCCCCCCCC)COP(=O)([O-])OCC[N+](C)(C)C. The Morgan fingerprint density at radius 1 is 0.509 bits per heavy atom. The van der Waals surface area contributed by atoms with E-state index in [4.69, 9.17) is 18.5 Å². The molecule has 0 radical (unpaired) electrons. The van der Waals surface area contributed by atoms with Crippen LogP contribution in [0.3, 0.4) is 0 Å². The lowest BCUT2D eigenvalue weighted by atomic mass is 10.0. The zero-order chi connectivity index (χ0) is 39.3. The molecule has 0 aliphatic rings. The van der Waals surface area contributed by atoms with Crippen LogP contribution in [0.15, 0.2) is 0 Å². The minimum atomic E-state index is -4.61. The first kappa shape index (κ1) is 52.0. The van der Waals surface area contributed by atoms with E-state index >= 15 is 0 Å². The highest BCUT2D eigenvalue weighted by atomic mass is 31.2. The summed E-state index contributed by atoms with van der Waals surface area (Å²) >= 11 is 0. The number of hydrogen-bond acceptors (Lipinski definition) is 8. The molecular weight excluding hydrogens is 689 g/mol. The molecule has 0 aliphatic heterocycles. The second-order valence-electron chi connectivity index (χ2n) is 16.4. The maximum atomic E-state index is 12.7. The number of phosphoric acid groups is 1. The van der Waals surface area contributed by atoms with Gasteiger partial charge in [0, 0.05) is 12.8 Å². The van der Waals surface area contributed by atoms with Gasteiger partial charge in [0.1, 0.15) is 19.8 Å².